The van der Waals surface area contributed by atoms with Gasteiger partial charge in [0.15, 0.2) is 5.17 Å². The zero-order valence-electron chi connectivity index (χ0n) is 20.4. The summed E-state index contributed by atoms with van der Waals surface area (Å²) in [6.07, 6.45) is 2.90. The van der Waals surface area contributed by atoms with Crippen molar-refractivity contribution in [3.63, 3.8) is 0 Å². The van der Waals surface area contributed by atoms with Crippen molar-refractivity contribution in [3.05, 3.63) is 98.9 Å². The molecule has 0 aliphatic carbocycles. The highest BCUT2D eigenvalue weighted by atomic mass is 32.2. The number of nitrogens with zero attached hydrogens (tertiary/aromatic N) is 2. The Balaban J connectivity index is 1.44. The van der Waals surface area contributed by atoms with Gasteiger partial charge in [0.2, 0.25) is 0 Å². The lowest BCUT2D eigenvalue weighted by Gasteiger charge is -2.13. The van der Waals surface area contributed by atoms with Crippen molar-refractivity contribution in [3.8, 4) is 5.75 Å². The predicted molar refractivity (Wildman–Crippen MR) is 143 cm³/mol. The first kappa shape index (κ1) is 23.8. The van der Waals surface area contributed by atoms with Crippen molar-refractivity contribution in [2.45, 2.75) is 40.7 Å². The van der Waals surface area contributed by atoms with Crippen molar-refractivity contribution in [2.75, 3.05) is 7.05 Å². The van der Waals surface area contributed by atoms with Gasteiger partial charge in [0.25, 0.3) is 5.91 Å². The molecule has 5 heteroatoms. The lowest BCUT2D eigenvalue weighted by Crippen LogP contribution is -2.23. The summed E-state index contributed by atoms with van der Waals surface area (Å²) in [6.45, 7) is 9.03. The molecule has 0 radical (unpaired) electrons. The maximum Gasteiger partial charge on any atom is 0.266 e. The van der Waals surface area contributed by atoms with E-state index < -0.39 is 0 Å². The van der Waals surface area contributed by atoms with Crippen molar-refractivity contribution >= 4 is 34.6 Å². The molecule has 0 saturated carbocycles. The van der Waals surface area contributed by atoms with E-state index in [1.165, 1.54) is 39.6 Å². The van der Waals surface area contributed by atoms with Crippen LogP contribution in [0.2, 0.25) is 0 Å². The smallest absolute Gasteiger partial charge is 0.266 e. The number of hydrogen-bond donors (Lipinski definition) is 0. The van der Waals surface area contributed by atoms with Crippen LogP contribution in [0.5, 0.6) is 5.75 Å². The number of carbonyl (C=O) groups is 1. The number of aryl methyl sites for hydroxylation is 4. The van der Waals surface area contributed by atoms with Gasteiger partial charge in [-0.3, -0.25) is 9.69 Å². The molecule has 0 spiro atoms. The standard InChI is InChI=1S/C29H30N2O2S/c1-6-22-7-11-24(12-8-22)30-29-31(5)28(32)27(34-29)17-23-9-13-25(14-10-23)33-18-26-20(3)15-19(2)16-21(26)4/h7-17H,6,18H2,1-5H3/b27-17-,30-29?. The van der Waals surface area contributed by atoms with E-state index in [1.54, 1.807) is 11.9 Å². The third-order valence-corrected chi connectivity index (χ3v) is 7.03. The van der Waals surface area contributed by atoms with Crippen LogP contribution in [0.15, 0.2) is 70.6 Å². The summed E-state index contributed by atoms with van der Waals surface area (Å²) in [5, 5.41) is 0.685. The second-order valence-electron chi connectivity index (χ2n) is 8.62. The molecule has 1 aliphatic rings. The van der Waals surface area contributed by atoms with Gasteiger partial charge in [0.1, 0.15) is 12.4 Å². The van der Waals surface area contributed by atoms with Gasteiger partial charge in [-0.1, -0.05) is 48.9 Å². The van der Waals surface area contributed by atoms with Crippen LogP contribution in [-0.4, -0.2) is 23.0 Å². The summed E-state index contributed by atoms with van der Waals surface area (Å²) < 4.78 is 6.04. The minimum Gasteiger partial charge on any atom is -0.489 e. The number of likely N-dealkylation sites (N-methyl/N-ethyl adjacent to an activating group) is 1. The topological polar surface area (TPSA) is 41.9 Å². The average molecular weight is 471 g/mol. The van der Waals surface area contributed by atoms with Crippen LogP contribution in [0.1, 0.15) is 40.3 Å². The molecule has 1 amide bonds. The molecule has 0 atom stereocenters. The SMILES string of the molecule is CCc1ccc(N=C2S/C(=C\c3ccc(OCc4c(C)cc(C)cc4C)cc3)C(=O)N2C)cc1. The number of carbonyl (C=O) groups excluding carboxylic acids is 1. The molecule has 0 aromatic heterocycles. The van der Waals surface area contributed by atoms with E-state index in [0.717, 1.165) is 23.4 Å². The van der Waals surface area contributed by atoms with Crippen LogP contribution >= 0.6 is 11.8 Å². The molecule has 1 heterocycles. The van der Waals surface area contributed by atoms with Crippen LogP contribution < -0.4 is 4.74 Å². The van der Waals surface area contributed by atoms with Gasteiger partial charge in [-0.15, -0.1) is 0 Å². The predicted octanol–water partition coefficient (Wildman–Crippen LogP) is 6.99. The van der Waals surface area contributed by atoms with Crippen LogP contribution in [0.4, 0.5) is 5.69 Å². The van der Waals surface area contributed by atoms with E-state index in [9.17, 15) is 4.79 Å². The molecule has 174 valence electrons. The van der Waals surface area contributed by atoms with Gasteiger partial charge in [0, 0.05) is 7.05 Å². The minimum atomic E-state index is -0.0421. The van der Waals surface area contributed by atoms with Gasteiger partial charge in [-0.05, 0) is 97.1 Å². The molecule has 0 bridgehead atoms. The number of ether oxygens (including phenoxy) is 1. The zero-order valence-corrected chi connectivity index (χ0v) is 21.2. The van der Waals surface area contributed by atoms with Crippen LogP contribution in [0, 0.1) is 20.8 Å². The number of amidine groups is 1. The number of amides is 1. The summed E-state index contributed by atoms with van der Waals surface area (Å²) >= 11 is 1.40. The maximum absolute atomic E-state index is 12.8. The molecule has 1 fully saturated rings. The third-order valence-electron chi connectivity index (χ3n) is 5.97. The molecule has 1 aliphatic heterocycles. The average Bonchev–Trinajstić information content (AvgIpc) is 3.07. The fourth-order valence-electron chi connectivity index (χ4n) is 3.97. The Morgan fingerprint density at radius 2 is 1.62 bits per heavy atom. The van der Waals surface area contributed by atoms with E-state index in [0.29, 0.717) is 16.7 Å². The molecule has 4 nitrogen and oxygen atoms in total. The summed E-state index contributed by atoms with van der Waals surface area (Å²) in [5.74, 6) is 0.765. The second-order valence-corrected chi connectivity index (χ2v) is 9.63. The number of benzene rings is 3. The highest BCUT2D eigenvalue weighted by Crippen LogP contribution is 2.33. The number of hydrogen-bond acceptors (Lipinski definition) is 4. The highest BCUT2D eigenvalue weighted by Gasteiger charge is 2.30. The summed E-state index contributed by atoms with van der Waals surface area (Å²) in [7, 11) is 1.77. The molecule has 1 saturated heterocycles. The normalized spacial score (nSPS) is 16.0. The van der Waals surface area contributed by atoms with Gasteiger partial charge in [-0.2, -0.15) is 0 Å². The molecule has 0 N–H and O–H groups in total. The lowest BCUT2D eigenvalue weighted by molar-refractivity contribution is -0.121. The summed E-state index contributed by atoms with van der Waals surface area (Å²) in [5.41, 5.74) is 8.06. The zero-order chi connectivity index (χ0) is 24.2. The Labute approximate surface area is 206 Å². The van der Waals surface area contributed by atoms with Gasteiger partial charge < -0.3 is 4.74 Å². The first-order valence-corrected chi connectivity index (χ1v) is 12.3. The van der Waals surface area contributed by atoms with E-state index in [-0.39, 0.29) is 5.91 Å². The van der Waals surface area contributed by atoms with Gasteiger partial charge >= 0.3 is 0 Å². The first-order chi connectivity index (χ1) is 16.3. The molecule has 4 rings (SSSR count). The Morgan fingerprint density at radius 3 is 2.24 bits per heavy atom. The molecular weight excluding hydrogens is 440 g/mol. The Hall–Kier alpha value is -3.31. The van der Waals surface area contributed by atoms with Crippen LogP contribution in [-0.2, 0) is 17.8 Å². The Kier molecular flexibility index (Phi) is 7.23. The minimum absolute atomic E-state index is 0.0421. The summed E-state index contributed by atoms with van der Waals surface area (Å²) in [6, 6.07) is 20.3. The Bertz CT molecular complexity index is 1240. The lowest BCUT2D eigenvalue weighted by atomic mass is 10.0. The van der Waals surface area contributed by atoms with Crippen LogP contribution in [0.25, 0.3) is 6.08 Å². The van der Waals surface area contributed by atoms with Crippen molar-refractivity contribution in [1.29, 1.82) is 0 Å². The third kappa shape index (κ3) is 5.42. The molecule has 3 aromatic rings. The second kappa shape index (κ2) is 10.3. The van der Waals surface area contributed by atoms with E-state index in [1.807, 2.05) is 42.5 Å². The first-order valence-electron chi connectivity index (χ1n) is 11.5. The van der Waals surface area contributed by atoms with E-state index >= 15 is 0 Å². The molecule has 34 heavy (non-hydrogen) atoms. The fraction of sp³-hybridized carbons (Fsp3) is 0.241. The van der Waals surface area contributed by atoms with E-state index in [2.05, 4.69) is 57.0 Å². The number of rotatable bonds is 6. The fourth-order valence-corrected chi connectivity index (χ4v) is 4.96. The Morgan fingerprint density at radius 1 is 0.971 bits per heavy atom. The maximum atomic E-state index is 12.8. The molecule has 3 aromatic carbocycles. The monoisotopic (exact) mass is 470 g/mol. The van der Waals surface area contributed by atoms with Gasteiger partial charge in [0.05, 0.1) is 10.6 Å². The molecular formula is C29H30N2O2S. The quantitative estimate of drug-likeness (QED) is 0.365. The van der Waals surface area contributed by atoms with E-state index in [4.69, 9.17) is 4.74 Å². The van der Waals surface area contributed by atoms with Crippen molar-refractivity contribution < 1.29 is 9.53 Å². The largest absolute Gasteiger partial charge is 0.489 e. The number of aliphatic imine (C=N–C) groups is 1. The van der Waals surface area contributed by atoms with Crippen molar-refractivity contribution in [1.82, 2.24) is 4.90 Å². The molecule has 0 unspecified atom stereocenters. The number of thioether (sulfide) groups is 1. The van der Waals surface area contributed by atoms with Crippen molar-refractivity contribution in [2.24, 2.45) is 4.99 Å². The summed E-state index contributed by atoms with van der Waals surface area (Å²) in [4.78, 5) is 19.7. The van der Waals surface area contributed by atoms with Gasteiger partial charge in [-0.25, -0.2) is 4.99 Å². The highest BCUT2D eigenvalue weighted by molar-refractivity contribution is 8.18. The van der Waals surface area contributed by atoms with Crippen LogP contribution in [0.3, 0.4) is 0 Å².